The van der Waals surface area contributed by atoms with Crippen LogP contribution in [0.15, 0.2) is 0 Å². The number of amides is 2. The average molecular weight is 266 g/mol. The highest BCUT2D eigenvalue weighted by Gasteiger charge is 2.45. The van der Waals surface area contributed by atoms with Crippen molar-refractivity contribution in [3.63, 3.8) is 0 Å². The van der Waals surface area contributed by atoms with Gasteiger partial charge in [0.1, 0.15) is 0 Å². The first-order valence-corrected chi connectivity index (χ1v) is 6.67. The van der Waals surface area contributed by atoms with Gasteiger partial charge in [0.2, 0.25) is 0 Å². The summed E-state index contributed by atoms with van der Waals surface area (Å²) in [5, 5.41) is 12.2. The number of nitrogens with zero attached hydrogens (tertiary/aromatic N) is 1. The Morgan fingerprint density at radius 2 is 2.26 bits per heavy atom. The summed E-state index contributed by atoms with van der Waals surface area (Å²) < 4.78 is 0. The van der Waals surface area contributed by atoms with E-state index in [0.717, 1.165) is 6.42 Å². The molecule has 0 bridgehead atoms. The lowest BCUT2D eigenvalue weighted by molar-refractivity contribution is -0.148. The van der Waals surface area contributed by atoms with Crippen molar-refractivity contribution in [2.75, 3.05) is 13.1 Å². The third-order valence-corrected chi connectivity index (χ3v) is 3.62. The minimum absolute atomic E-state index is 0.0940. The Morgan fingerprint density at radius 3 is 2.79 bits per heavy atom. The normalized spacial score (nSPS) is 23.7. The molecular formula is C14H22N2O3. The van der Waals surface area contributed by atoms with Crippen LogP contribution in [0.5, 0.6) is 0 Å². The van der Waals surface area contributed by atoms with Crippen LogP contribution in [0.1, 0.15) is 39.5 Å². The molecule has 0 saturated carbocycles. The number of aliphatic carboxylic acids is 1. The number of carbonyl (C=O) groups excluding carboxylic acids is 1. The second kappa shape index (κ2) is 6.46. The highest BCUT2D eigenvalue weighted by atomic mass is 16.4. The number of urea groups is 1. The van der Waals surface area contributed by atoms with E-state index in [-0.39, 0.29) is 18.6 Å². The Labute approximate surface area is 114 Å². The van der Waals surface area contributed by atoms with Gasteiger partial charge < -0.3 is 15.3 Å². The van der Waals surface area contributed by atoms with Crippen molar-refractivity contribution in [1.29, 1.82) is 0 Å². The van der Waals surface area contributed by atoms with E-state index in [4.69, 9.17) is 6.42 Å². The Bertz CT molecular complexity index is 389. The molecular weight excluding hydrogens is 244 g/mol. The lowest BCUT2D eigenvalue weighted by atomic mass is 9.83. The number of rotatable bonds is 5. The highest BCUT2D eigenvalue weighted by Crippen LogP contribution is 2.35. The topological polar surface area (TPSA) is 69.6 Å². The zero-order chi connectivity index (χ0) is 14.5. The molecule has 2 amide bonds. The first-order chi connectivity index (χ1) is 8.95. The zero-order valence-corrected chi connectivity index (χ0v) is 11.6. The fraction of sp³-hybridized carbons (Fsp3) is 0.714. The van der Waals surface area contributed by atoms with Crippen molar-refractivity contribution >= 4 is 12.0 Å². The maximum Gasteiger partial charge on any atom is 0.317 e. The molecule has 0 aromatic rings. The SMILES string of the molecule is C#CCC(C)NC(=O)N1CCC(CCC)(C(=O)O)C1. The van der Waals surface area contributed by atoms with Gasteiger partial charge in [-0.25, -0.2) is 4.79 Å². The van der Waals surface area contributed by atoms with E-state index in [1.165, 1.54) is 0 Å². The quantitative estimate of drug-likeness (QED) is 0.744. The molecule has 5 nitrogen and oxygen atoms in total. The number of likely N-dealkylation sites (tertiary alicyclic amines) is 1. The molecule has 5 heteroatoms. The van der Waals surface area contributed by atoms with Crippen molar-refractivity contribution in [2.45, 2.75) is 45.6 Å². The molecule has 0 radical (unpaired) electrons. The summed E-state index contributed by atoms with van der Waals surface area (Å²) in [5.74, 6) is 1.69. The molecule has 0 spiro atoms. The average Bonchev–Trinajstić information content (AvgIpc) is 2.75. The van der Waals surface area contributed by atoms with Crippen LogP contribution < -0.4 is 5.32 Å². The third-order valence-electron chi connectivity index (χ3n) is 3.62. The zero-order valence-electron chi connectivity index (χ0n) is 11.6. The number of hydrogen-bond acceptors (Lipinski definition) is 2. The molecule has 1 rings (SSSR count). The standard InChI is InChI=1S/C14H22N2O3/c1-4-6-11(3)15-13(19)16-9-8-14(10-16,7-5-2)12(17)18/h1,11H,5-10H2,2-3H3,(H,15,19)(H,17,18). The number of carboxylic acids is 1. The van der Waals surface area contributed by atoms with Crippen molar-refractivity contribution in [3.05, 3.63) is 0 Å². The molecule has 0 aromatic heterocycles. The number of nitrogens with one attached hydrogen (secondary N) is 1. The van der Waals surface area contributed by atoms with E-state index in [1.807, 2.05) is 13.8 Å². The lowest BCUT2D eigenvalue weighted by Gasteiger charge is -2.25. The number of terminal acetylenes is 1. The molecule has 2 unspecified atom stereocenters. The first-order valence-electron chi connectivity index (χ1n) is 6.67. The molecule has 2 N–H and O–H groups in total. The maximum absolute atomic E-state index is 12.0. The predicted octanol–water partition coefficient (Wildman–Crippen LogP) is 1.68. The summed E-state index contributed by atoms with van der Waals surface area (Å²) in [6.45, 7) is 4.57. The molecule has 0 aliphatic carbocycles. The number of carbonyl (C=O) groups is 2. The van der Waals surface area contributed by atoms with Gasteiger partial charge in [-0.05, 0) is 19.8 Å². The summed E-state index contributed by atoms with van der Waals surface area (Å²) in [7, 11) is 0. The van der Waals surface area contributed by atoms with Crippen LogP contribution in [-0.2, 0) is 4.79 Å². The Hall–Kier alpha value is -1.70. The summed E-state index contributed by atoms with van der Waals surface area (Å²) in [4.78, 5) is 25.0. The van der Waals surface area contributed by atoms with E-state index < -0.39 is 11.4 Å². The van der Waals surface area contributed by atoms with Gasteiger partial charge in [-0.1, -0.05) is 13.3 Å². The minimum atomic E-state index is -0.804. The van der Waals surface area contributed by atoms with Gasteiger partial charge >= 0.3 is 12.0 Å². The fourth-order valence-electron chi connectivity index (χ4n) is 2.54. The highest BCUT2D eigenvalue weighted by molar-refractivity contribution is 5.79. The largest absolute Gasteiger partial charge is 0.481 e. The van der Waals surface area contributed by atoms with Crippen LogP contribution in [0, 0.1) is 17.8 Å². The Balaban J connectivity index is 2.62. The summed E-state index contributed by atoms with van der Waals surface area (Å²) in [5.41, 5.74) is -0.776. The van der Waals surface area contributed by atoms with E-state index in [2.05, 4.69) is 11.2 Å². The summed E-state index contributed by atoms with van der Waals surface area (Å²) >= 11 is 0. The van der Waals surface area contributed by atoms with Crippen LogP contribution in [0.2, 0.25) is 0 Å². The van der Waals surface area contributed by atoms with E-state index in [9.17, 15) is 14.7 Å². The Morgan fingerprint density at radius 1 is 1.58 bits per heavy atom. The van der Waals surface area contributed by atoms with Crippen LogP contribution in [-0.4, -0.2) is 41.1 Å². The van der Waals surface area contributed by atoms with Gasteiger partial charge in [-0.15, -0.1) is 12.3 Å². The number of carboxylic acid groups (broad SMARTS) is 1. The molecule has 19 heavy (non-hydrogen) atoms. The van der Waals surface area contributed by atoms with Crippen molar-refractivity contribution in [2.24, 2.45) is 5.41 Å². The molecule has 106 valence electrons. The molecule has 0 aromatic carbocycles. The molecule has 1 aliphatic heterocycles. The Kier molecular flexibility index (Phi) is 5.22. The van der Waals surface area contributed by atoms with Crippen molar-refractivity contribution in [3.8, 4) is 12.3 Å². The molecule has 1 heterocycles. The van der Waals surface area contributed by atoms with Crippen molar-refractivity contribution < 1.29 is 14.7 Å². The second-order valence-electron chi connectivity index (χ2n) is 5.27. The monoisotopic (exact) mass is 266 g/mol. The fourth-order valence-corrected chi connectivity index (χ4v) is 2.54. The van der Waals surface area contributed by atoms with Gasteiger partial charge in [0.05, 0.1) is 5.41 Å². The lowest BCUT2D eigenvalue weighted by Crippen LogP contribution is -2.44. The molecule has 1 aliphatic rings. The van der Waals surface area contributed by atoms with Crippen LogP contribution in [0.3, 0.4) is 0 Å². The van der Waals surface area contributed by atoms with Gasteiger partial charge in [0.15, 0.2) is 0 Å². The van der Waals surface area contributed by atoms with Crippen LogP contribution in [0.25, 0.3) is 0 Å². The van der Waals surface area contributed by atoms with Crippen LogP contribution in [0.4, 0.5) is 4.79 Å². The van der Waals surface area contributed by atoms with Gasteiger partial charge in [0, 0.05) is 25.6 Å². The maximum atomic E-state index is 12.0. The van der Waals surface area contributed by atoms with E-state index >= 15 is 0 Å². The van der Waals surface area contributed by atoms with Gasteiger partial charge in [0.25, 0.3) is 0 Å². The molecule has 1 saturated heterocycles. The van der Waals surface area contributed by atoms with E-state index in [0.29, 0.717) is 25.8 Å². The van der Waals surface area contributed by atoms with E-state index in [1.54, 1.807) is 4.90 Å². The smallest absolute Gasteiger partial charge is 0.317 e. The summed E-state index contributed by atoms with van der Waals surface area (Å²) in [6, 6.07) is -0.314. The predicted molar refractivity (Wildman–Crippen MR) is 72.6 cm³/mol. The third kappa shape index (κ3) is 3.63. The molecule has 2 atom stereocenters. The second-order valence-corrected chi connectivity index (χ2v) is 5.27. The van der Waals surface area contributed by atoms with Gasteiger partial charge in [-0.3, -0.25) is 4.79 Å². The van der Waals surface area contributed by atoms with Gasteiger partial charge in [-0.2, -0.15) is 0 Å². The number of hydrogen-bond donors (Lipinski definition) is 2. The minimum Gasteiger partial charge on any atom is -0.481 e. The van der Waals surface area contributed by atoms with Crippen molar-refractivity contribution in [1.82, 2.24) is 10.2 Å². The summed E-state index contributed by atoms with van der Waals surface area (Å²) in [6.07, 6.45) is 7.58. The van der Waals surface area contributed by atoms with Crippen LogP contribution >= 0.6 is 0 Å². The molecule has 1 fully saturated rings. The first kappa shape index (κ1) is 15.4.